The van der Waals surface area contributed by atoms with Gasteiger partial charge in [0.15, 0.2) is 0 Å². The largest absolute Gasteiger partial charge is 0.296 e. The van der Waals surface area contributed by atoms with Gasteiger partial charge in [-0.3, -0.25) is 4.90 Å². The van der Waals surface area contributed by atoms with Crippen LogP contribution in [0, 0.1) is 27.1 Å². The minimum absolute atomic E-state index is 0. The highest BCUT2D eigenvalue weighted by molar-refractivity contribution is 6.76. The summed E-state index contributed by atoms with van der Waals surface area (Å²) in [4.78, 5) is 2.49. The lowest BCUT2D eigenvalue weighted by Gasteiger charge is -2.36. The second kappa shape index (κ2) is 46.3. The molecule has 0 bridgehead atoms. The topological polar surface area (TPSA) is 3.24 Å². The third-order valence-corrected chi connectivity index (χ3v) is 13.1. The van der Waals surface area contributed by atoms with Gasteiger partial charge in [0.2, 0.25) is 0 Å². The number of hydrogen-bond donors (Lipinski definition) is 0. The van der Waals surface area contributed by atoms with E-state index >= 15 is 0 Å². The zero-order valence-corrected chi connectivity index (χ0v) is 43.2. The number of rotatable bonds is 8. The lowest BCUT2D eigenvalue weighted by molar-refractivity contribution is 0.115. The Morgan fingerprint density at radius 2 is 0.629 bits per heavy atom. The van der Waals surface area contributed by atoms with Crippen molar-refractivity contribution in [3.8, 4) is 0 Å². The Balaban J connectivity index is -0.0000000357. The zero-order chi connectivity index (χ0) is 42.3. The van der Waals surface area contributed by atoms with Crippen LogP contribution >= 0.6 is 0 Å². The molecule has 2 saturated carbocycles. The highest BCUT2D eigenvalue weighted by Crippen LogP contribution is 2.48. The normalized spacial score (nSPS) is 17.0. The van der Waals surface area contributed by atoms with E-state index in [-0.39, 0.29) is 74.3 Å². The van der Waals surface area contributed by atoms with E-state index in [1.807, 2.05) is 0 Å². The fraction of sp³-hybridized carbons (Fsp3) is 1.00. The molecule has 1 aliphatic heterocycles. The predicted octanol–water partition coefficient (Wildman–Crippen LogP) is 25.0. The predicted molar refractivity (Wildman–Crippen MR) is 318 cm³/mol. The van der Waals surface area contributed by atoms with Gasteiger partial charge in [-0.25, -0.2) is 0 Å². The second-order valence-corrected chi connectivity index (χ2v) is 30.0. The average molecular weight is 915 g/mol. The first kappa shape index (κ1) is 100. The molecule has 3 aliphatic rings. The van der Waals surface area contributed by atoms with Gasteiger partial charge >= 0.3 is 0 Å². The minimum atomic E-state index is -0.678. The van der Waals surface area contributed by atoms with E-state index in [9.17, 15) is 0 Å². The molecule has 2 aliphatic carbocycles. The van der Waals surface area contributed by atoms with Crippen molar-refractivity contribution in [1.29, 1.82) is 0 Å². The second-order valence-electron chi connectivity index (χ2n) is 24.3. The summed E-state index contributed by atoms with van der Waals surface area (Å²) >= 11 is 0. The third-order valence-electron chi connectivity index (χ3n) is 11.2. The number of hydrogen-bond acceptors (Lipinski definition) is 1. The maximum Gasteiger partial charge on any atom is 0.0442 e. The molecule has 0 aromatic heterocycles. The van der Waals surface area contributed by atoms with E-state index < -0.39 is 8.07 Å². The molecule has 0 amide bonds. The molecule has 3 fully saturated rings. The lowest BCUT2D eigenvalue weighted by Crippen LogP contribution is -2.44. The van der Waals surface area contributed by atoms with Crippen LogP contribution in [0.2, 0.25) is 25.7 Å². The van der Waals surface area contributed by atoms with Gasteiger partial charge in [0, 0.05) is 19.2 Å². The van der Waals surface area contributed by atoms with E-state index in [0.717, 1.165) is 5.41 Å². The van der Waals surface area contributed by atoms with Crippen LogP contribution in [0.15, 0.2) is 0 Å². The summed E-state index contributed by atoms with van der Waals surface area (Å²) < 4.78 is 0. The van der Waals surface area contributed by atoms with E-state index in [4.69, 9.17) is 0 Å². The highest BCUT2D eigenvalue weighted by atomic mass is 28.3. The maximum atomic E-state index is 2.49. The summed E-state index contributed by atoms with van der Waals surface area (Å²) in [5.74, 6) is 0. The molecular formula is C60H151NSi. The molecule has 3 rings (SSSR count). The number of likely N-dealkylation sites (tertiary alicyclic amines) is 1. The van der Waals surface area contributed by atoms with Crippen LogP contribution in [0.4, 0.5) is 0 Å². The molecular weight excluding hydrogens is 763 g/mol. The molecule has 1 heterocycles. The lowest BCUT2D eigenvalue weighted by atomic mass is 9.81. The Bertz CT molecular complexity index is 753. The SMILES string of the molecule is C.C.C.C.C.C.C.C.C.C.CC(C)(C)CCC(C)(C)C.CC1(C)CC1.CC1(C)CCC(C)(C)C1.CCCC.CCCCCC.CCCC[Si](C)(C)C.CN1C(C)(C)CCC1(C)C. The summed E-state index contributed by atoms with van der Waals surface area (Å²) in [5.41, 5.74) is 3.86. The summed E-state index contributed by atoms with van der Waals surface area (Å²) in [6.07, 6.45) is 23.4. The van der Waals surface area contributed by atoms with Crippen molar-refractivity contribution in [3.05, 3.63) is 0 Å². The minimum Gasteiger partial charge on any atom is -0.296 e. The first-order valence-corrected chi connectivity index (χ1v) is 26.5. The molecule has 62 heavy (non-hydrogen) atoms. The van der Waals surface area contributed by atoms with Gasteiger partial charge in [-0.1, -0.05) is 269 Å². The van der Waals surface area contributed by atoms with Gasteiger partial charge in [0.25, 0.3) is 0 Å². The van der Waals surface area contributed by atoms with Crippen molar-refractivity contribution in [1.82, 2.24) is 4.90 Å². The molecule has 2 heteroatoms. The van der Waals surface area contributed by atoms with Crippen LogP contribution in [-0.4, -0.2) is 31.1 Å². The standard InChI is InChI=1S/C10H22.C9H19N.C9H18.C7H18Si.C6H14.C5H10.C4H10.10CH4/c1-9(2,3)7-8-10(4,5)6;1-8(2)6-7-9(3,4)10(8)5;1-8(2)5-6-9(3,4)7-8;1-5-6-7-8(2,3)4;1-3-5-6-4-2;1-5(2)3-4-5;1-3-4-2;;;;;;;;;;/h7-8H2,1-6H3;6-7H2,1-5H3;5-7H2,1-4H3;5-7H2,1-4H3;3-6H2,1-2H3;3-4H2,1-2H3;3-4H2,1-2H3;10*1H4. The Kier molecular flexibility index (Phi) is 74.9. The summed E-state index contributed by atoms with van der Waals surface area (Å²) in [6.45, 7) is 55.6. The van der Waals surface area contributed by atoms with Crippen molar-refractivity contribution < 1.29 is 0 Å². The summed E-state index contributed by atoms with van der Waals surface area (Å²) in [7, 11) is 1.55. The Hall–Kier alpha value is 0.177. The Morgan fingerprint density at radius 1 is 0.387 bits per heavy atom. The number of nitrogens with zero attached hydrogens (tertiary/aromatic N) is 1. The van der Waals surface area contributed by atoms with E-state index in [0.29, 0.717) is 32.7 Å². The fourth-order valence-corrected chi connectivity index (χ4v) is 7.54. The summed E-state index contributed by atoms with van der Waals surface area (Å²) in [6, 6.07) is 1.50. The van der Waals surface area contributed by atoms with Crippen LogP contribution in [0.25, 0.3) is 0 Å². The first-order valence-electron chi connectivity index (χ1n) is 22.8. The van der Waals surface area contributed by atoms with Crippen molar-refractivity contribution in [2.75, 3.05) is 7.05 Å². The molecule has 1 nitrogen and oxygen atoms in total. The van der Waals surface area contributed by atoms with E-state index in [1.165, 1.54) is 115 Å². The van der Waals surface area contributed by atoms with Gasteiger partial charge in [-0.05, 0) is 120 Å². The maximum absolute atomic E-state index is 2.49. The third kappa shape index (κ3) is 74.5. The molecule has 0 radical (unpaired) electrons. The average Bonchev–Trinajstić information content (AvgIpc) is 3.56. The first-order chi connectivity index (χ1) is 23.1. The van der Waals surface area contributed by atoms with Crippen molar-refractivity contribution in [2.45, 2.75) is 366 Å². The van der Waals surface area contributed by atoms with E-state index in [1.54, 1.807) is 0 Å². The molecule has 0 aromatic carbocycles. The van der Waals surface area contributed by atoms with Gasteiger partial charge in [0.05, 0.1) is 0 Å². The van der Waals surface area contributed by atoms with Crippen molar-refractivity contribution in [2.24, 2.45) is 27.1 Å². The van der Waals surface area contributed by atoms with Crippen molar-refractivity contribution >= 4 is 8.07 Å². The fourth-order valence-electron chi connectivity index (χ4n) is 6.12. The molecule has 0 aromatic rings. The van der Waals surface area contributed by atoms with Gasteiger partial charge < -0.3 is 0 Å². The van der Waals surface area contributed by atoms with Crippen LogP contribution in [0.3, 0.4) is 0 Å². The van der Waals surface area contributed by atoms with Crippen LogP contribution in [0.5, 0.6) is 0 Å². The highest BCUT2D eigenvalue weighted by Gasteiger charge is 2.41. The quantitative estimate of drug-likeness (QED) is 0.173. The smallest absolute Gasteiger partial charge is 0.0442 e. The molecule has 0 spiro atoms. The zero-order valence-electron chi connectivity index (χ0n) is 42.2. The molecule has 0 atom stereocenters. The molecule has 0 unspecified atom stereocenters. The van der Waals surface area contributed by atoms with Crippen LogP contribution in [-0.2, 0) is 0 Å². The summed E-state index contributed by atoms with van der Waals surface area (Å²) in [5, 5.41) is 0. The number of unbranched alkanes of at least 4 members (excludes halogenated alkanes) is 5. The van der Waals surface area contributed by atoms with Crippen LogP contribution in [0.1, 0.15) is 329 Å². The van der Waals surface area contributed by atoms with Gasteiger partial charge in [-0.2, -0.15) is 0 Å². The molecule has 400 valence electrons. The molecule has 1 saturated heterocycles. The Morgan fingerprint density at radius 3 is 0.710 bits per heavy atom. The molecule has 0 N–H and O–H groups in total. The Labute approximate surface area is 410 Å². The van der Waals surface area contributed by atoms with E-state index in [2.05, 4.69) is 177 Å². The van der Waals surface area contributed by atoms with Gasteiger partial charge in [-0.15, -0.1) is 0 Å². The van der Waals surface area contributed by atoms with Crippen LogP contribution < -0.4 is 0 Å². The van der Waals surface area contributed by atoms with Crippen molar-refractivity contribution in [3.63, 3.8) is 0 Å². The van der Waals surface area contributed by atoms with Gasteiger partial charge in [0.1, 0.15) is 0 Å². The monoisotopic (exact) mass is 914 g/mol.